The third-order valence-electron chi connectivity index (χ3n) is 4.94. The quantitative estimate of drug-likeness (QED) is 0.286. The maximum Gasteiger partial charge on any atom is 0.435 e. The molecule has 1 N–H and O–H groups in total. The Morgan fingerprint density at radius 3 is 1.71 bits per heavy atom. The van der Waals surface area contributed by atoms with E-state index in [2.05, 4.69) is 14.9 Å². The second-order valence-corrected chi connectivity index (χ2v) is 10.4. The molecule has 0 atom stereocenters. The molecular weight excluding hydrogens is 492 g/mol. The predicted molar refractivity (Wildman–Crippen MR) is 140 cm³/mol. The second-order valence-electron chi connectivity index (χ2n) is 10.4. The molecule has 0 saturated heterocycles. The summed E-state index contributed by atoms with van der Waals surface area (Å²) in [5, 5.41) is 18.7. The van der Waals surface area contributed by atoms with Gasteiger partial charge in [0, 0.05) is 10.8 Å². The van der Waals surface area contributed by atoms with Crippen molar-refractivity contribution in [2.75, 3.05) is 7.11 Å². The van der Waals surface area contributed by atoms with Gasteiger partial charge in [-0.15, -0.1) is 0 Å². The van der Waals surface area contributed by atoms with Crippen LogP contribution in [0.15, 0.2) is 48.8 Å². The number of methoxy groups -OCH3 is 1. The molecule has 0 fully saturated rings. The van der Waals surface area contributed by atoms with E-state index in [-0.39, 0.29) is 6.61 Å². The number of benzene rings is 2. The maximum atomic E-state index is 12.0. The van der Waals surface area contributed by atoms with Gasteiger partial charge in [0.15, 0.2) is 0 Å². The number of aliphatic hydroxyl groups is 1. The fourth-order valence-electron chi connectivity index (χ4n) is 3.33. The van der Waals surface area contributed by atoms with Crippen LogP contribution in [0, 0.1) is 0 Å². The van der Waals surface area contributed by atoms with Gasteiger partial charge in [-0.25, -0.2) is 14.4 Å². The fraction of sp³-hybridized carbons (Fsp3) is 0.370. The van der Waals surface area contributed by atoms with E-state index in [0.29, 0.717) is 16.6 Å². The van der Waals surface area contributed by atoms with Crippen LogP contribution >= 0.6 is 0 Å². The fourth-order valence-corrected chi connectivity index (χ4v) is 3.33. The molecule has 0 radical (unpaired) electrons. The van der Waals surface area contributed by atoms with Gasteiger partial charge in [-0.05, 0) is 65.3 Å². The van der Waals surface area contributed by atoms with E-state index < -0.39 is 29.4 Å². The second kappa shape index (κ2) is 11.0. The Kier molecular flexibility index (Phi) is 8.21. The number of aliphatic hydroxyl groups excluding tert-OH is 1. The molecule has 2 aromatic heterocycles. The monoisotopic (exact) mass is 524 g/mol. The Hall–Kier alpha value is -4.25. The first-order chi connectivity index (χ1) is 17.7. The van der Waals surface area contributed by atoms with Gasteiger partial charge in [-0.3, -0.25) is 0 Å². The first-order valence-electron chi connectivity index (χ1n) is 11.8. The van der Waals surface area contributed by atoms with E-state index in [0.717, 1.165) is 21.0 Å². The maximum absolute atomic E-state index is 12.0. The lowest BCUT2D eigenvalue weighted by molar-refractivity contribution is 0.0511. The minimum Gasteiger partial charge on any atom is -0.465 e. The number of aromatic nitrogens is 4. The molecular formula is C27H32N4O7. The molecule has 4 aromatic rings. The molecule has 0 aliphatic rings. The number of ether oxygens (including phenoxy) is 3. The summed E-state index contributed by atoms with van der Waals surface area (Å²) in [7, 11) is 1.30. The lowest BCUT2D eigenvalue weighted by atomic mass is 10.2. The van der Waals surface area contributed by atoms with Crippen LogP contribution in [0.2, 0.25) is 0 Å². The van der Waals surface area contributed by atoms with E-state index in [1.807, 2.05) is 6.07 Å². The van der Waals surface area contributed by atoms with Crippen molar-refractivity contribution in [3.05, 3.63) is 59.9 Å². The summed E-state index contributed by atoms with van der Waals surface area (Å²) in [4.78, 5) is 35.5. The highest BCUT2D eigenvalue weighted by Gasteiger charge is 2.21. The zero-order valence-corrected chi connectivity index (χ0v) is 22.5. The van der Waals surface area contributed by atoms with Gasteiger partial charge in [0.2, 0.25) is 0 Å². The molecule has 0 spiro atoms. The number of hydrogen-bond donors (Lipinski definition) is 1. The smallest absolute Gasteiger partial charge is 0.435 e. The van der Waals surface area contributed by atoms with E-state index >= 15 is 0 Å². The molecule has 0 unspecified atom stereocenters. The minimum atomic E-state index is -0.616. The van der Waals surface area contributed by atoms with Crippen molar-refractivity contribution in [1.29, 1.82) is 0 Å². The van der Waals surface area contributed by atoms with Crippen LogP contribution in [-0.4, -0.2) is 61.1 Å². The Morgan fingerprint density at radius 2 is 1.26 bits per heavy atom. The van der Waals surface area contributed by atoms with Gasteiger partial charge in [0.25, 0.3) is 0 Å². The van der Waals surface area contributed by atoms with Crippen molar-refractivity contribution in [3.8, 4) is 0 Å². The molecule has 0 amide bonds. The summed E-state index contributed by atoms with van der Waals surface area (Å²) in [5.41, 5.74) is 1.04. The number of esters is 1. The van der Waals surface area contributed by atoms with Crippen molar-refractivity contribution in [1.82, 2.24) is 19.6 Å². The molecule has 2 heterocycles. The average Bonchev–Trinajstić information content (AvgIpc) is 3.45. The van der Waals surface area contributed by atoms with Gasteiger partial charge >= 0.3 is 18.2 Å². The summed E-state index contributed by atoms with van der Waals surface area (Å²) >= 11 is 0. The van der Waals surface area contributed by atoms with Crippen molar-refractivity contribution in [3.63, 3.8) is 0 Å². The molecule has 11 heteroatoms. The molecule has 0 aliphatic heterocycles. The first kappa shape index (κ1) is 28.3. The van der Waals surface area contributed by atoms with Gasteiger partial charge in [0.1, 0.15) is 11.2 Å². The number of carbonyl (C=O) groups is 3. The summed E-state index contributed by atoms with van der Waals surface area (Å²) in [5.74, 6) is -0.469. The summed E-state index contributed by atoms with van der Waals surface area (Å²) in [6, 6.07) is 10.2. The average molecular weight is 525 g/mol. The SMILES string of the molecule is CC(C)(C)OC(=O)n1ncc2ccc(CO)cc21.COC(=O)c1ccc2cnn(C(=O)OC(C)(C)C)c2c1. The number of nitrogens with zero attached hydrogens (tertiary/aromatic N) is 4. The van der Waals surface area contributed by atoms with Crippen LogP contribution in [-0.2, 0) is 20.8 Å². The first-order valence-corrected chi connectivity index (χ1v) is 11.8. The normalized spacial score (nSPS) is 11.6. The topological polar surface area (TPSA) is 135 Å². The molecule has 0 aliphatic carbocycles. The van der Waals surface area contributed by atoms with E-state index in [4.69, 9.17) is 14.6 Å². The van der Waals surface area contributed by atoms with Crippen LogP contribution in [0.25, 0.3) is 21.8 Å². The largest absolute Gasteiger partial charge is 0.465 e. The Balaban J connectivity index is 0.000000212. The number of carbonyl (C=O) groups excluding carboxylic acids is 3. The van der Waals surface area contributed by atoms with Crippen molar-refractivity contribution in [2.45, 2.75) is 59.4 Å². The van der Waals surface area contributed by atoms with Gasteiger partial charge in [-0.1, -0.05) is 18.2 Å². The molecule has 11 nitrogen and oxygen atoms in total. The number of hydrogen-bond acceptors (Lipinski definition) is 9. The number of fused-ring (bicyclic) bond motifs is 2. The summed E-state index contributed by atoms with van der Waals surface area (Å²) in [6.07, 6.45) is 2.03. The van der Waals surface area contributed by atoms with Crippen molar-refractivity contribution in [2.24, 2.45) is 0 Å². The van der Waals surface area contributed by atoms with E-state index in [9.17, 15) is 14.4 Å². The third kappa shape index (κ3) is 6.94. The van der Waals surface area contributed by atoms with Crippen LogP contribution < -0.4 is 0 Å². The highest BCUT2D eigenvalue weighted by atomic mass is 16.6. The Bertz CT molecular complexity index is 1470. The van der Waals surface area contributed by atoms with Crippen LogP contribution in [0.5, 0.6) is 0 Å². The summed E-state index contributed by atoms with van der Waals surface area (Å²) in [6.45, 7) is 10.7. The van der Waals surface area contributed by atoms with Crippen LogP contribution in [0.4, 0.5) is 9.59 Å². The molecule has 0 bridgehead atoms. The molecule has 0 saturated carbocycles. The molecule has 38 heavy (non-hydrogen) atoms. The van der Waals surface area contributed by atoms with Gasteiger partial charge in [-0.2, -0.15) is 19.6 Å². The van der Waals surface area contributed by atoms with Crippen molar-refractivity contribution >= 4 is 40.0 Å². The lowest BCUT2D eigenvalue weighted by Gasteiger charge is -2.19. The third-order valence-corrected chi connectivity index (χ3v) is 4.94. The number of rotatable bonds is 2. The van der Waals surface area contributed by atoms with Gasteiger partial charge in [0.05, 0.1) is 42.7 Å². The highest BCUT2D eigenvalue weighted by Crippen LogP contribution is 2.19. The van der Waals surface area contributed by atoms with E-state index in [1.54, 1.807) is 84.3 Å². The Morgan fingerprint density at radius 1 is 0.789 bits per heavy atom. The standard InChI is InChI=1S/C14H16N2O4.C13H16N2O3/c1-14(2,3)20-13(18)16-11-7-9(12(17)19-4)5-6-10(11)8-15-16;1-13(2,3)18-12(17)15-11-6-9(8-16)4-5-10(11)7-14-15/h5-8H,1-4H3;4-7,16H,8H2,1-3H3. The van der Waals surface area contributed by atoms with Crippen molar-refractivity contribution < 1.29 is 33.7 Å². The highest BCUT2D eigenvalue weighted by molar-refractivity contribution is 5.96. The predicted octanol–water partition coefficient (Wildman–Crippen LogP) is 4.92. The van der Waals surface area contributed by atoms with E-state index in [1.165, 1.54) is 11.8 Å². The molecule has 4 rings (SSSR count). The lowest BCUT2D eigenvalue weighted by Crippen LogP contribution is -2.27. The molecule has 2 aromatic carbocycles. The zero-order chi connectivity index (χ0) is 28.3. The Labute approximate surface area is 219 Å². The summed E-state index contributed by atoms with van der Waals surface area (Å²) < 4.78 is 17.5. The minimum absolute atomic E-state index is 0.0740. The van der Waals surface area contributed by atoms with Gasteiger partial charge < -0.3 is 19.3 Å². The zero-order valence-electron chi connectivity index (χ0n) is 22.5. The van der Waals surface area contributed by atoms with Crippen LogP contribution in [0.1, 0.15) is 57.5 Å². The molecule has 202 valence electrons. The van der Waals surface area contributed by atoms with Crippen LogP contribution in [0.3, 0.4) is 0 Å².